The maximum absolute atomic E-state index is 10.6. The highest BCUT2D eigenvalue weighted by molar-refractivity contribution is 5.79. The molecule has 0 unspecified atom stereocenters. The highest BCUT2D eigenvalue weighted by Gasteiger charge is 2.48. The summed E-state index contributed by atoms with van der Waals surface area (Å²) in [6.45, 7) is 0. The quantitative estimate of drug-likeness (QED) is 0.100. The number of aliphatic carboxylic acids is 19. The minimum Gasteiger partial charge on any atom is -0.475 e. The second kappa shape index (κ2) is 67.1. The van der Waals surface area contributed by atoms with Gasteiger partial charge in [-0.3, -0.25) is 0 Å². The van der Waals surface area contributed by atoms with E-state index in [1.165, 1.54) is 0 Å². The number of carbonyl (C=O) groups is 19. The molecular weight excluding hydrogens is 2160 g/mol. The molecule has 0 atom stereocenters. The molecule has 39 nitrogen and oxygen atoms in total. The van der Waals surface area contributed by atoms with Crippen molar-refractivity contribution in [3.63, 3.8) is 0 Å². The van der Waals surface area contributed by atoms with E-state index < -0.39 is 231 Å². The summed E-state index contributed by atoms with van der Waals surface area (Å²) in [5.41, 5.74) is 0. The highest BCUT2D eigenvalue weighted by atomic mass is 19.5. The lowest BCUT2D eigenvalue weighted by Gasteiger charge is -1.93. The molecule has 0 amide bonds. The third kappa shape index (κ3) is 161. The summed E-state index contributed by atoms with van der Waals surface area (Å²) in [5.74, 6) is -52.4. The van der Waals surface area contributed by atoms with Gasteiger partial charge in [0.25, 0.3) is 0 Å². The number of carboxylic acids is 19. The number of carboxylic acid groups (broad SMARTS) is 19. The Morgan fingerprint density at radius 3 is 0.0896 bits per heavy atom. The molecule has 0 radical (unpaired) electrons. The van der Waals surface area contributed by atoms with Crippen LogP contribution >= 0.6 is 0 Å². The summed E-state index contributed by atoms with van der Waals surface area (Å²) >= 11 is 0. The van der Waals surface area contributed by atoms with E-state index in [9.17, 15) is 250 Å². The van der Waals surface area contributed by atoms with Gasteiger partial charge in [-0.1, -0.05) is 0 Å². The van der Waals surface area contributed by atoms with E-state index in [0.29, 0.717) is 0 Å². The minimum atomic E-state index is -5.08. The van der Waals surface area contributed by atoms with Crippen molar-refractivity contribution in [2.24, 2.45) is 0 Å². The van der Waals surface area contributed by atoms with E-state index in [4.69, 9.17) is 188 Å². The van der Waals surface area contributed by atoms with Gasteiger partial charge in [0.1, 0.15) is 0 Å². The Kier molecular flexibility index (Phi) is 85.1. The van der Waals surface area contributed by atoms with Crippen LogP contribution in [0, 0.1) is 0 Å². The minimum absolute atomic E-state index is 0. The van der Waals surface area contributed by atoms with Crippen molar-refractivity contribution in [2.45, 2.75) is 117 Å². The lowest BCUT2D eigenvalue weighted by molar-refractivity contribution is -0.193. The molecule has 0 bridgehead atoms. The molecule has 0 saturated heterocycles. The van der Waals surface area contributed by atoms with Crippen LogP contribution in [0.1, 0.15) is 0 Å². The summed E-state index contributed by atoms with van der Waals surface area (Å²) in [6.07, 6.45) is -96.6. The predicted octanol–water partition coefficient (Wildman–Crippen LogP) is 11.2. The normalized spacial score (nSPS) is 11.2. The number of halogens is 57. The molecule has 0 aromatic carbocycles. The summed E-state index contributed by atoms with van der Waals surface area (Å²) < 4.78 is 603. The van der Waals surface area contributed by atoms with Crippen molar-refractivity contribution in [2.75, 3.05) is 0 Å². The number of alkyl halides is 57. The first kappa shape index (κ1) is 170. The fourth-order valence-electron chi connectivity index (χ4n) is 0. The lowest BCUT2D eigenvalue weighted by atomic mass is 10.7. The second-order valence-electron chi connectivity index (χ2n) is 15.3. The average molecular weight is 2180 g/mol. The second-order valence-corrected chi connectivity index (χ2v) is 15.3. The van der Waals surface area contributed by atoms with Crippen molar-refractivity contribution in [3.05, 3.63) is 0 Å². The molecule has 0 fully saturated rings. The molecular formula is C38H21F57O39. The van der Waals surface area contributed by atoms with Gasteiger partial charge in [-0.15, -0.1) is 0 Å². The van der Waals surface area contributed by atoms with Gasteiger partial charge >= 0.3 is 231 Å². The van der Waals surface area contributed by atoms with Crippen LogP contribution in [0.5, 0.6) is 0 Å². The third-order valence-electron chi connectivity index (χ3n) is 4.61. The topological polar surface area (TPSA) is 740 Å². The molecule has 134 heavy (non-hydrogen) atoms. The van der Waals surface area contributed by atoms with Crippen molar-refractivity contribution in [1.82, 2.24) is 0 Å². The Morgan fingerprint density at radius 1 is 0.0821 bits per heavy atom. The fourth-order valence-corrected chi connectivity index (χ4v) is 0. The number of hydrogen-bond donors (Lipinski definition) is 19. The average Bonchev–Trinajstić information content (AvgIpc) is 1.21. The number of hydrogen-bond acceptors (Lipinski definition) is 19. The van der Waals surface area contributed by atoms with Gasteiger partial charge in [0.05, 0.1) is 0 Å². The summed E-state index contributed by atoms with van der Waals surface area (Å²) in [5, 5.41) is 135. The van der Waals surface area contributed by atoms with Crippen LogP contribution in [0.2, 0.25) is 0 Å². The molecule has 0 aliphatic carbocycles. The monoisotopic (exact) mass is 2180 g/mol. The fraction of sp³-hybridized carbons (Fsp3) is 0.500. The van der Waals surface area contributed by atoms with Crippen LogP contribution in [0.15, 0.2) is 0 Å². The first-order valence-corrected chi connectivity index (χ1v) is 23.6. The summed E-state index contributed by atoms with van der Waals surface area (Å²) in [4.78, 5) is 169. The zero-order valence-electron chi connectivity index (χ0n) is 57.3. The van der Waals surface area contributed by atoms with Gasteiger partial charge in [-0.05, 0) is 0 Å². The molecule has 0 spiro atoms. The molecule has 96 heteroatoms. The first-order chi connectivity index (χ1) is 55.9. The van der Waals surface area contributed by atoms with Crippen molar-refractivity contribution >= 4 is 113 Å². The summed E-state index contributed by atoms with van der Waals surface area (Å²) in [6, 6.07) is 0. The van der Waals surface area contributed by atoms with Gasteiger partial charge in [-0.25, -0.2) is 91.1 Å². The standard InChI is InChI=1S/19C2HF3O2.H2O/c19*3-2(4,5)1(6)7;/h19*(H,6,7);1H2. The van der Waals surface area contributed by atoms with E-state index in [1.54, 1.807) is 0 Å². The van der Waals surface area contributed by atoms with E-state index >= 15 is 0 Å². The largest absolute Gasteiger partial charge is 0.490 e. The van der Waals surface area contributed by atoms with E-state index in [0.717, 1.165) is 0 Å². The van der Waals surface area contributed by atoms with Gasteiger partial charge in [0.15, 0.2) is 0 Å². The Hall–Kier alpha value is -14.1. The van der Waals surface area contributed by atoms with Crippen LogP contribution in [-0.4, -0.2) is 333 Å². The molecule has 0 aliphatic rings. The maximum atomic E-state index is 10.6. The zero-order valence-corrected chi connectivity index (χ0v) is 57.3. The molecule has 806 valence electrons. The molecule has 0 aliphatic heterocycles. The smallest absolute Gasteiger partial charge is 0.475 e. The molecule has 0 saturated carbocycles. The van der Waals surface area contributed by atoms with E-state index in [1.807, 2.05) is 0 Å². The Bertz CT molecular complexity index is 2560. The SMILES string of the molecule is O.O=C(O)C(F)(F)F.O=C(O)C(F)(F)F.O=C(O)C(F)(F)F.O=C(O)C(F)(F)F.O=C(O)C(F)(F)F.O=C(O)C(F)(F)F.O=C(O)C(F)(F)F.O=C(O)C(F)(F)F.O=C(O)C(F)(F)F.O=C(O)C(F)(F)F.O=C(O)C(F)(F)F.O=C(O)C(F)(F)F.O=C(O)C(F)(F)F.O=C(O)C(F)(F)F.O=C(O)C(F)(F)F.O=C(O)C(F)(F)F.O=C(O)C(F)(F)F.O=C(O)C(F)(F)F.O=C(O)C(F)(F)F. The molecule has 0 rings (SSSR count). The Labute approximate surface area is 675 Å². The van der Waals surface area contributed by atoms with Gasteiger partial charge in [0, 0.05) is 0 Å². The van der Waals surface area contributed by atoms with Crippen LogP contribution < -0.4 is 0 Å². The van der Waals surface area contributed by atoms with Gasteiger partial charge in [0.2, 0.25) is 0 Å². The number of rotatable bonds is 0. The molecule has 21 N–H and O–H groups in total. The van der Waals surface area contributed by atoms with Crippen molar-refractivity contribution < 1.29 is 444 Å². The van der Waals surface area contributed by atoms with Gasteiger partial charge < -0.3 is 103 Å². The van der Waals surface area contributed by atoms with Crippen LogP contribution in [0.25, 0.3) is 0 Å². The predicted molar refractivity (Wildman–Crippen MR) is 264 cm³/mol. The first-order valence-electron chi connectivity index (χ1n) is 23.6. The van der Waals surface area contributed by atoms with Crippen LogP contribution in [-0.2, 0) is 91.1 Å². The van der Waals surface area contributed by atoms with Crippen LogP contribution in [0.3, 0.4) is 0 Å². The summed E-state index contributed by atoms with van der Waals surface area (Å²) in [7, 11) is 0. The highest BCUT2D eigenvalue weighted by Crippen LogP contribution is 2.23. The molecule has 0 heterocycles. The molecule has 0 aromatic rings. The van der Waals surface area contributed by atoms with E-state index in [-0.39, 0.29) is 5.48 Å². The zero-order chi connectivity index (χ0) is 115. The van der Waals surface area contributed by atoms with Crippen LogP contribution in [0.4, 0.5) is 250 Å². The lowest BCUT2D eigenvalue weighted by Crippen LogP contribution is -2.21. The maximum Gasteiger partial charge on any atom is 0.490 e. The van der Waals surface area contributed by atoms with Gasteiger partial charge in [-0.2, -0.15) is 250 Å². The third-order valence-corrected chi connectivity index (χ3v) is 4.61. The molecule has 0 aromatic heterocycles. The Morgan fingerprint density at radius 2 is 0.0896 bits per heavy atom. The van der Waals surface area contributed by atoms with Crippen molar-refractivity contribution in [3.8, 4) is 0 Å². The Balaban J connectivity index is -0.0000000569. The van der Waals surface area contributed by atoms with Crippen molar-refractivity contribution in [1.29, 1.82) is 0 Å². The van der Waals surface area contributed by atoms with E-state index in [2.05, 4.69) is 0 Å².